The highest BCUT2D eigenvalue weighted by atomic mass is 16.5. The fourth-order valence-corrected chi connectivity index (χ4v) is 2.06. The Morgan fingerprint density at radius 2 is 2.24 bits per heavy atom. The van der Waals surface area contributed by atoms with Gasteiger partial charge >= 0.3 is 0 Å². The fraction of sp³-hybridized carbons (Fsp3) is 0.467. The van der Waals surface area contributed by atoms with Crippen molar-refractivity contribution in [2.24, 2.45) is 0 Å². The third-order valence-electron chi connectivity index (χ3n) is 3.23. The van der Waals surface area contributed by atoms with E-state index in [2.05, 4.69) is 23.4 Å². The number of hydrogen-bond donors (Lipinski definition) is 1. The first-order valence-electron chi connectivity index (χ1n) is 6.07. The Balaban J connectivity index is 2.07. The number of benzene rings is 1. The summed E-state index contributed by atoms with van der Waals surface area (Å²) in [5.41, 5.74) is 1.05. The summed E-state index contributed by atoms with van der Waals surface area (Å²) < 4.78 is 5.64. The molecular formula is C15H19NO. The van der Waals surface area contributed by atoms with Crippen molar-refractivity contribution in [3.63, 3.8) is 0 Å². The molecule has 1 atom stereocenters. The van der Waals surface area contributed by atoms with Gasteiger partial charge < -0.3 is 10.1 Å². The van der Waals surface area contributed by atoms with E-state index in [1.807, 2.05) is 26.0 Å². The highest BCUT2D eigenvalue weighted by Crippen LogP contribution is 2.32. The van der Waals surface area contributed by atoms with Crippen LogP contribution in [0.2, 0.25) is 0 Å². The molecule has 2 rings (SSSR count). The minimum Gasteiger partial charge on any atom is -0.493 e. The van der Waals surface area contributed by atoms with E-state index in [1.165, 1.54) is 5.56 Å². The lowest BCUT2D eigenvalue weighted by molar-refractivity contribution is 0.261. The predicted octanol–water partition coefficient (Wildman–Crippen LogP) is 2.55. The fourth-order valence-electron chi connectivity index (χ4n) is 2.06. The topological polar surface area (TPSA) is 21.3 Å². The van der Waals surface area contributed by atoms with Gasteiger partial charge in [0, 0.05) is 12.5 Å². The van der Waals surface area contributed by atoms with Gasteiger partial charge in [0.1, 0.15) is 5.75 Å². The van der Waals surface area contributed by atoms with Crippen molar-refractivity contribution in [1.29, 1.82) is 0 Å². The molecule has 0 radical (unpaired) electrons. The van der Waals surface area contributed by atoms with Crippen molar-refractivity contribution in [3.8, 4) is 18.1 Å². The van der Waals surface area contributed by atoms with E-state index in [0.29, 0.717) is 5.92 Å². The second-order valence-electron chi connectivity index (χ2n) is 5.02. The average Bonchev–Trinajstić information content (AvgIpc) is 2.36. The van der Waals surface area contributed by atoms with Crippen LogP contribution in [0.4, 0.5) is 0 Å². The minimum absolute atomic E-state index is 0.243. The number of fused-ring (bicyclic) bond motifs is 1. The van der Waals surface area contributed by atoms with Crippen molar-refractivity contribution in [2.45, 2.75) is 31.7 Å². The van der Waals surface area contributed by atoms with Crippen molar-refractivity contribution in [3.05, 3.63) is 29.8 Å². The Bertz CT molecular complexity index is 431. The number of nitrogens with one attached hydrogen (secondary N) is 1. The lowest BCUT2D eigenvalue weighted by Gasteiger charge is -2.29. The van der Waals surface area contributed by atoms with Crippen LogP contribution in [-0.4, -0.2) is 18.7 Å². The van der Waals surface area contributed by atoms with Gasteiger partial charge in [-0.1, -0.05) is 24.1 Å². The summed E-state index contributed by atoms with van der Waals surface area (Å²) >= 11 is 0. The van der Waals surface area contributed by atoms with Gasteiger partial charge in [0.05, 0.1) is 12.1 Å². The monoisotopic (exact) mass is 229 g/mol. The molecular weight excluding hydrogens is 210 g/mol. The summed E-state index contributed by atoms with van der Waals surface area (Å²) in [4.78, 5) is 0. The van der Waals surface area contributed by atoms with Crippen LogP contribution in [-0.2, 0) is 0 Å². The van der Waals surface area contributed by atoms with Crippen LogP contribution >= 0.6 is 0 Å². The number of rotatable bonds is 3. The molecule has 90 valence electrons. The van der Waals surface area contributed by atoms with E-state index < -0.39 is 0 Å². The lowest BCUT2D eigenvalue weighted by atomic mass is 9.92. The molecule has 1 aromatic rings. The molecule has 1 heterocycles. The normalized spacial score (nSPS) is 19.0. The zero-order valence-electron chi connectivity index (χ0n) is 10.5. The van der Waals surface area contributed by atoms with Crippen LogP contribution in [0.15, 0.2) is 24.3 Å². The second kappa shape index (κ2) is 4.81. The Labute approximate surface area is 103 Å². The largest absolute Gasteiger partial charge is 0.493 e. The van der Waals surface area contributed by atoms with Gasteiger partial charge in [0.2, 0.25) is 0 Å². The molecule has 17 heavy (non-hydrogen) atoms. The maximum atomic E-state index is 5.64. The van der Waals surface area contributed by atoms with Crippen molar-refractivity contribution >= 4 is 0 Å². The molecule has 2 nitrogen and oxygen atoms in total. The summed E-state index contributed by atoms with van der Waals surface area (Å²) in [7, 11) is 0. The Hall–Kier alpha value is -1.46. The van der Waals surface area contributed by atoms with Gasteiger partial charge in [-0.25, -0.2) is 0 Å². The third kappa shape index (κ3) is 2.81. The van der Waals surface area contributed by atoms with Gasteiger partial charge in [-0.05, 0) is 31.9 Å². The van der Waals surface area contributed by atoms with E-state index in [9.17, 15) is 0 Å². The van der Waals surface area contributed by atoms with Crippen LogP contribution in [0.5, 0.6) is 5.75 Å². The van der Waals surface area contributed by atoms with E-state index in [4.69, 9.17) is 11.2 Å². The number of terminal acetylenes is 1. The Kier molecular flexibility index (Phi) is 3.40. The number of ether oxygens (including phenoxy) is 1. The quantitative estimate of drug-likeness (QED) is 0.804. The standard InChI is InChI=1S/C15H19NO/c1-4-15(2,3)16-11-12-9-10-17-14-8-6-5-7-13(12)14/h1,5-8,12,16H,9-11H2,2-3H3. The van der Waals surface area contributed by atoms with Gasteiger partial charge in [-0.15, -0.1) is 6.42 Å². The molecule has 2 heteroatoms. The zero-order valence-corrected chi connectivity index (χ0v) is 10.5. The van der Waals surface area contributed by atoms with Crippen LogP contribution < -0.4 is 10.1 Å². The minimum atomic E-state index is -0.243. The van der Waals surface area contributed by atoms with Crippen molar-refractivity contribution in [2.75, 3.05) is 13.2 Å². The van der Waals surface area contributed by atoms with Gasteiger partial charge in [-0.2, -0.15) is 0 Å². The molecule has 0 amide bonds. The molecule has 0 saturated carbocycles. The second-order valence-corrected chi connectivity index (χ2v) is 5.02. The maximum Gasteiger partial charge on any atom is 0.122 e. The van der Waals surface area contributed by atoms with Crippen LogP contribution in [0.25, 0.3) is 0 Å². The average molecular weight is 229 g/mol. The van der Waals surface area contributed by atoms with E-state index in [0.717, 1.165) is 25.3 Å². The SMILES string of the molecule is C#CC(C)(C)NCC1CCOc2ccccc21. The smallest absolute Gasteiger partial charge is 0.122 e. The van der Waals surface area contributed by atoms with Gasteiger partial charge in [-0.3, -0.25) is 0 Å². The third-order valence-corrected chi connectivity index (χ3v) is 3.23. The molecule has 1 N–H and O–H groups in total. The van der Waals surface area contributed by atoms with E-state index >= 15 is 0 Å². The highest BCUT2D eigenvalue weighted by Gasteiger charge is 2.23. The molecule has 1 aliphatic rings. The van der Waals surface area contributed by atoms with Crippen LogP contribution in [0.1, 0.15) is 31.7 Å². The van der Waals surface area contributed by atoms with E-state index in [1.54, 1.807) is 0 Å². The molecule has 0 fully saturated rings. The van der Waals surface area contributed by atoms with Gasteiger partial charge in [0.25, 0.3) is 0 Å². The molecule has 1 aromatic carbocycles. The molecule has 0 bridgehead atoms. The first-order chi connectivity index (χ1) is 8.12. The summed E-state index contributed by atoms with van der Waals surface area (Å²) in [6.07, 6.45) is 6.53. The van der Waals surface area contributed by atoms with Crippen molar-refractivity contribution < 1.29 is 4.74 Å². The van der Waals surface area contributed by atoms with Crippen LogP contribution in [0.3, 0.4) is 0 Å². The molecule has 0 spiro atoms. The molecule has 1 aliphatic heterocycles. The first kappa shape index (κ1) is 12.0. The van der Waals surface area contributed by atoms with E-state index in [-0.39, 0.29) is 5.54 Å². The van der Waals surface area contributed by atoms with Crippen molar-refractivity contribution in [1.82, 2.24) is 5.32 Å². The Morgan fingerprint density at radius 3 is 3.00 bits per heavy atom. The molecule has 0 aromatic heterocycles. The maximum absolute atomic E-state index is 5.64. The molecule has 0 aliphatic carbocycles. The predicted molar refractivity (Wildman–Crippen MR) is 70.2 cm³/mol. The summed E-state index contributed by atoms with van der Waals surface area (Å²) in [5.74, 6) is 4.27. The summed E-state index contributed by atoms with van der Waals surface area (Å²) in [5, 5.41) is 3.43. The number of para-hydroxylation sites is 1. The molecule has 0 saturated heterocycles. The Morgan fingerprint density at radius 1 is 1.47 bits per heavy atom. The number of hydrogen-bond acceptors (Lipinski definition) is 2. The zero-order chi connectivity index (χ0) is 12.3. The highest BCUT2D eigenvalue weighted by molar-refractivity contribution is 5.38. The van der Waals surface area contributed by atoms with Gasteiger partial charge in [0.15, 0.2) is 0 Å². The molecule has 1 unspecified atom stereocenters. The summed E-state index contributed by atoms with van der Waals surface area (Å²) in [6.45, 7) is 5.74. The first-order valence-corrected chi connectivity index (χ1v) is 6.07. The summed E-state index contributed by atoms with van der Waals surface area (Å²) in [6, 6.07) is 8.25. The van der Waals surface area contributed by atoms with Crippen LogP contribution in [0, 0.1) is 12.3 Å². The lowest BCUT2D eigenvalue weighted by Crippen LogP contribution is -2.40.